The highest BCUT2D eigenvalue weighted by Gasteiger charge is 2.61. The predicted octanol–water partition coefficient (Wildman–Crippen LogP) is 3.03. The molecule has 3 aliphatic rings. The molecule has 3 nitrogen and oxygen atoms in total. The summed E-state index contributed by atoms with van der Waals surface area (Å²) in [7, 11) is 1.74. The summed E-state index contributed by atoms with van der Waals surface area (Å²) in [6, 6.07) is 0. The van der Waals surface area contributed by atoms with E-state index in [0.717, 1.165) is 32.3 Å². The summed E-state index contributed by atoms with van der Waals surface area (Å²) in [4.78, 5) is 12.4. The molecule has 1 heterocycles. The molecule has 2 saturated carbocycles. The molecular weight excluding hydrogens is 240 g/mol. The Balaban J connectivity index is 1.97. The van der Waals surface area contributed by atoms with Crippen LogP contribution in [0.4, 0.5) is 0 Å². The highest BCUT2D eigenvalue weighted by atomic mass is 16.7. The first-order chi connectivity index (χ1) is 8.93. The van der Waals surface area contributed by atoms with Crippen molar-refractivity contribution in [3.05, 3.63) is 0 Å². The molecule has 3 rings (SSSR count). The minimum absolute atomic E-state index is 0.123. The first kappa shape index (κ1) is 13.6. The Morgan fingerprint density at radius 2 is 2.05 bits per heavy atom. The molecule has 3 fully saturated rings. The monoisotopic (exact) mass is 266 g/mol. The minimum atomic E-state index is -0.490. The van der Waals surface area contributed by atoms with Gasteiger partial charge < -0.3 is 9.47 Å². The van der Waals surface area contributed by atoms with Crippen LogP contribution in [0.2, 0.25) is 0 Å². The molecule has 0 spiro atoms. The number of ketones is 1. The summed E-state index contributed by atoms with van der Waals surface area (Å²) in [5.74, 6) is 1.65. The van der Waals surface area contributed by atoms with Gasteiger partial charge in [-0.05, 0) is 30.1 Å². The van der Waals surface area contributed by atoms with E-state index in [0.29, 0.717) is 23.5 Å². The lowest BCUT2D eigenvalue weighted by atomic mass is 9.51. The van der Waals surface area contributed by atoms with Gasteiger partial charge in [-0.1, -0.05) is 20.8 Å². The van der Waals surface area contributed by atoms with E-state index in [2.05, 4.69) is 20.8 Å². The van der Waals surface area contributed by atoms with Crippen molar-refractivity contribution >= 4 is 5.78 Å². The Bertz CT molecular complexity index is 393. The fraction of sp³-hybridized carbons (Fsp3) is 0.938. The van der Waals surface area contributed by atoms with Gasteiger partial charge >= 0.3 is 0 Å². The lowest BCUT2D eigenvalue weighted by Gasteiger charge is -2.55. The second-order valence-corrected chi connectivity index (χ2v) is 7.28. The number of hydrogen-bond acceptors (Lipinski definition) is 3. The predicted molar refractivity (Wildman–Crippen MR) is 72.6 cm³/mol. The topological polar surface area (TPSA) is 35.5 Å². The van der Waals surface area contributed by atoms with Crippen LogP contribution < -0.4 is 0 Å². The van der Waals surface area contributed by atoms with E-state index in [9.17, 15) is 4.79 Å². The normalized spacial score (nSPS) is 53.8. The van der Waals surface area contributed by atoms with Crippen LogP contribution in [0.3, 0.4) is 0 Å². The standard InChI is InChI=1S/C16H26O3/c1-10-9-19-16(18-4)8-13-14(17)6-5-11(2)15(13,3)7-12(10)16/h10-13H,5-9H2,1-4H3/t10-,11+,12+,13-,15-,16+/m1/s1. The molecule has 0 aromatic rings. The molecule has 1 saturated heterocycles. The fourth-order valence-corrected chi connectivity index (χ4v) is 4.81. The van der Waals surface area contributed by atoms with Crippen LogP contribution in [0.25, 0.3) is 0 Å². The third-order valence-electron chi connectivity index (χ3n) is 6.47. The zero-order valence-corrected chi connectivity index (χ0v) is 12.6. The third kappa shape index (κ3) is 1.74. The van der Waals surface area contributed by atoms with Gasteiger partial charge in [0.1, 0.15) is 5.78 Å². The number of fused-ring (bicyclic) bond motifs is 2. The highest BCUT2D eigenvalue weighted by molar-refractivity contribution is 5.83. The molecule has 2 aliphatic carbocycles. The molecule has 0 bridgehead atoms. The number of ether oxygens (including phenoxy) is 2. The average molecular weight is 266 g/mol. The van der Waals surface area contributed by atoms with Gasteiger partial charge in [0.05, 0.1) is 6.61 Å². The quantitative estimate of drug-likeness (QED) is 0.732. The molecular formula is C16H26O3. The molecule has 108 valence electrons. The number of rotatable bonds is 1. The van der Waals surface area contributed by atoms with E-state index >= 15 is 0 Å². The summed E-state index contributed by atoms with van der Waals surface area (Å²) in [5.41, 5.74) is 0.143. The van der Waals surface area contributed by atoms with Crippen molar-refractivity contribution in [2.24, 2.45) is 29.1 Å². The zero-order chi connectivity index (χ0) is 13.8. The lowest BCUT2D eigenvalue weighted by Crippen LogP contribution is -2.56. The minimum Gasteiger partial charge on any atom is -0.353 e. The first-order valence-corrected chi connectivity index (χ1v) is 7.65. The second kappa shape index (κ2) is 4.29. The van der Waals surface area contributed by atoms with Gasteiger partial charge in [0.25, 0.3) is 0 Å². The summed E-state index contributed by atoms with van der Waals surface area (Å²) < 4.78 is 11.8. The number of carbonyl (C=O) groups is 1. The van der Waals surface area contributed by atoms with Gasteiger partial charge in [-0.25, -0.2) is 0 Å². The zero-order valence-electron chi connectivity index (χ0n) is 12.6. The summed E-state index contributed by atoms with van der Waals surface area (Å²) in [6.45, 7) is 7.66. The molecule has 6 atom stereocenters. The molecule has 0 amide bonds. The number of methoxy groups -OCH3 is 1. The van der Waals surface area contributed by atoms with E-state index in [4.69, 9.17) is 9.47 Å². The Kier molecular flexibility index (Phi) is 3.06. The van der Waals surface area contributed by atoms with Crippen molar-refractivity contribution in [1.82, 2.24) is 0 Å². The van der Waals surface area contributed by atoms with E-state index in [-0.39, 0.29) is 11.3 Å². The van der Waals surface area contributed by atoms with Crippen LogP contribution in [0.15, 0.2) is 0 Å². The molecule has 0 N–H and O–H groups in total. The van der Waals surface area contributed by atoms with Crippen LogP contribution >= 0.6 is 0 Å². The Morgan fingerprint density at radius 1 is 1.32 bits per heavy atom. The van der Waals surface area contributed by atoms with Crippen molar-refractivity contribution in [1.29, 1.82) is 0 Å². The lowest BCUT2D eigenvalue weighted by molar-refractivity contribution is -0.258. The number of carbonyl (C=O) groups excluding carboxylic acids is 1. The maximum Gasteiger partial charge on any atom is 0.171 e. The SMILES string of the molecule is CO[C@]12C[C@@H]3C(=O)CC[C@H](C)[C@@]3(C)C[C@H]1[C@H](C)CO2. The molecule has 0 radical (unpaired) electrons. The van der Waals surface area contributed by atoms with Crippen LogP contribution in [-0.4, -0.2) is 25.3 Å². The number of hydrogen-bond donors (Lipinski definition) is 0. The fourth-order valence-electron chi connectivity index (χ4n) is 4.81. The van der Waals surface area contributed by atoms with Crippen LogP contribution in [0.5, 0.6) is 0 Å². The molecule has 1 aliphatic heterocycles. The average Bonchev–Trinajstić information content (AvgIpc) is 2.71. The summed E-state index contributed by atoms with van der Waals surface area (Å²) >= 11 is 0. The molecule has 0 aromatic carbocycles. The molecule has 0 aromatic heterocycles. The van der Waals surface area contributed by atoms with Crippen LogP contribution in [0.1, 0.15) is 46.5 Å². The van der Waals surface area contributed by atoms with E-state index in [1.54, 1.807) is 7.11 Å². The van der Waals surface area contributed by atoms with Crippen molar-refractivity contribution in [3.63, 3.8) is 0 Å². The van der Waals surface area contributed by atoms with Gasteiger partial charge in [0.15, 0.2) is 5.79 Å². The molecule has 3 heteroatoms. The largest absolute Gasteiger partial charge is 0.353 e. The van der Waals surface area contributed by atoms with E-state index < -0.39 is 5.79 Å². The first-order valence-electron chi connectivity index (χ1n) is 7.65. The maximum atomic E-state index is 12.4. The van der Waals surface area contributed by atoms with Crippen molar-refractivity contribution < 1.29 is 14.3 Å². The van der Waals surface area contributed by atoms with Gasteiger partial charge in [-0.3, -0.25) is 4.79 Å². The van der Waals surface area contributed by atoms with Crippen molar-refractivity contribution in [3.8, 4) is 0 Å². The summed E-state index contributed by atoms with van der Waals surface area (Å²) in [5, 5.41) is 0. The maximum absolute atomic E-state index is 12.4. The Morgan fingerprint density at radius 3 is 2.74 bits per heavy atom. The van der Waals surface area contributed by atoms with Crippen molar-refractivity contribution in [2.75, 3.05) is 13.7 Å². The van der Waals surface area contributed by atoms with Gasteiger partial charge in [-0.15, -0.1) is 0 Å². The Labute approximate surface area is 116 Å². The van der Waals surface area contributed by atoms with Gasteiger partial charge in [-0.2, -0.15) is 0 Å². The highest BCUT2D eigenvalue weighted by Crippen LogP contribution is 2.60. The third-order valence-corrected chi connectivity index (χ3v) is 6.47. The smallest absolute Gasteiger partial charge is 0.171 e. The van der Waals surface area contributed by atoms with E-state index in [1.807, 2.05) is 0 Å². The van der Waals surface area contributed by atoms with Gasteiger partial charge in [0.2, 0.25) is 0 Å². The second-order valence-electron chi connectivity index (χ2n) is 7.28. The van der Waals surface area contributed by atoms with Crippen LogP contribution in [-0.2, 0) is 14.3 Å². The van der Waals surface area contributed by atoms with Crippen LogP contribution in [0, 0.1) is 29.1 Å². The van der Waals surface area contributed by atoms with Gasteiger partial charge in [0, 0.05) is 31.8 Å². The Hall–Kier alpha value is -0.410. The van der Waals surface area contributed by atoms with E-state index in [1.165, 1.54) is 0 Å². The van der Waals surface area contributed by atoms with Crippen molar-refractivity contribution in [2.45, 2.75) is 52.2 Å². The summed E-state index contributed by atoms with van der Waals surface area (Å²) in [6.07, 6.45) is 3.62. The molecule has 19 heavy (non-hydrogen) atoms. The number of Topliss-reactive ketones (excluding diaryl/α,β-unsaturated/α-hetero) is 1. The molecule has 0 unspecified atom stereocenters.